The molecular weight excluding hydrogens is 192 g/mol. The molecule has 0 radical (unpaired) electrons. The highest BCUT2D eigenvalue weighted by Crippen LogP contribution is 2.55. The Labute approximate surface area is 91.4 Å². The van der Waals surface area contributed by atoms with Crippen molar-refractivity contribution in [3.05, 3.63) is 0 Å². The number of hydrogen-bond donors (Lipinski definition) is 2. The smallest absolute Gasteiger partial charge is 0.0752 e. The van der Waals surface area contributed by atoms with Gasteiger partial charge >= 0.3 is 0 Å². The summed E-state index contributed by atoms with van der Waals surface area (Å²) in [6.07, 6.45) is 3.16. The van der Waals surface area contributed by atoms with Gasteiger partial charge in [0.25, 0.3) is 0 Å². The lowest BCUT2D eigenvalue weighted by molar-refractivity contribution is -0.299. The van der Waals surface area contributed by atoms with Crippen molar-refractivity contribution in [1.82, 2.24) is 0 Å². The standard InChI is InChI=1S/C12H22O3/c1-10(2)9-4-5-11(3,15-10)8-12(9,14)6-7-13/h9,13-14H,4-8H2,1-3H3/t9-,11-,12-/m0/s1. The summed E-state index contributed by atoms with van der Waals surface area (Å²) in [6, 6.07) is 0. The fraction of sp³-hybridized carbons (Fsp3) is 1.00. The Hall–Kier alpha value is -0.120. The van der Waals surface area contributed by atoms with E-state index >= 15 is 0 Å². The molecule has 3 nitrogen and oxygen atoms in total. The summed E-state index contributed by atoms with van der Waals surface area (Å²) >= 11 is 0. The van der Waals surface area contributed by atoms with Gasteiger partial charge in [0.05, 0.1) is 16.8 Å². The van der Waals surface area contributed by atoms with Crippen molar-refractivity contribution in [1.29, 1.82) is 0 Å². The van der Waals surface area contributed by atoms with E-state index in [0.29, 0.717) is 12.8 Å². The molecule has 2 heterocycles. The number of hydrogen-bond acceptors (Lipinski definition) is 3. The van der Waals surface area contributed by atoms with E-state index in [9.17, 15) is 5.11 Å². The van der Waals surface area contributed by atoms with Gasteiger partial charge in [-0.3, -0.25) is 0 Å². The van der Waals surface area contributed by atoms with Crippen molar-refractivity contribution in [2.45, 2.75) is 63.3 Å². The Morgan fingerprint density at radius 1 is 1.33 bits per heavy atom. The zero-order chi connectivity index (χ0) is 11.3. The lowest BCUT2D eigenvalue weighted by Crippen LogP contribution is -2.66. The Morgan fingerprint density at radius 3 is 2.47 bits per heavy atom. The highest BCUT2D eigenvalue weighted by Gasteiger charge is 2.59. The van der Waals surface area contributed by atoms with E-state index < -0.39 is 5.60 Å². The molecule has 2 bridgehead atoms. The largest absolute Gasteiger partial charge is 0.396 e. The summed E-state index contributed by atoms with van der Waals surface area (Å²) < 4.78 is 6.06. The van der Waals surface area contributed by atoms with E-state index in [2.05, 4.69) is 20.8 Å². The summed E-state index contributed by atoms with van der Waals surface area (Å²) in [4.78, 5) is 0. The maximum Gasteiger partial charge on any atom is 0.0752 e. The fourth-order valence-corrected chi connectivity index (χ4v) is 3.82. The predicted octanol–water partition coefficient (Wildman–Crippen LogP) is 1.47. The molecule has 1 aliphatic carbocycles. The minimum absolute atomic E-state index is 0.0547. The van der Waals surface area contributed by atoms with Gasteiger partial charge in [-0.15, -0.1) is 0 Å². The van der Waals surface area contributed by atoms with E-state index in [1.807, 2.05) is 0 Å². The summed E-state index contributed by atoms with van der Waals surface area (Å²) in [5, 5.41) is 19.7. The number of aliphatic hydroxyl groups excluding tert-OH is 1. The van der Waals surface area contributed by atoms with Crippen LogP contribution in [0.15, 0.2) is 0 Å². The molecule has 2 aliphatic heterocycles. The molecule has 3 heteroatoms. The van der Waals surface area contributed by atoms with Crippen LogP contribution in [0.4, 0.5) is 0 Å². The molecule has 0 amide bonds. The molecule has 0 aromatic carbocycles. The van der Waals surface area contributed by atoms with Crippen LogP contribution < -0.4 is 0 Å². The number of fused-ring (bicyclic) bond motifs is 3. The van der Waals surface area contributed by atoms with Gasteiger partial charge in [0.15, 0.2) is 0 Å². The van der Waals surface area contributed by atoms with E-state index in [1.165, 1.54) is 0 Å². The average molecular weight is 214 g/mol. The Bertz CT molecular complexity index is 261. The lowest BCUT2D eigenvalue weighted by Gasteiger charge is -2.61. The van der Waals surface area contributed by atoms with Crippen LogP contribution in [-0.2, 0) is 4.74 Å². The first-order chi connectivity index (χ1) is 6.81. The lowest BCUT2D eigenvalue weighted by atomic mass is 9.59. The molecule has 0 aromatic heterocycles. The van der Waals surface area contributed by atoms with Crippen LogP contribution in [0.5, 0.6) is 0 Å². The quantitative estimate of drug-likeness (QED) is 0.732. The van der Waals surface area contributed by atoms with Crippen molar-refractivity contribution in [3.63, 3.8) is 0 Å². The van der Waals surface area contributed by atoms with Gasteiger partial charge in [0, 0.05) is 18.9 Å². The summed E-state index contributed by atoms with van der Waals surface area (Å²) in [7, 11) is 0. The molecule has 3 atom stereocenters. The third-order valence-electron chi connectivity index (χ3n) is 4.18. The highest BCUT2D eigenvalue weighted by atomic mass is 16.5. The molecule has 0 unspecified atom stereocenters. The van der Waals surface area contributed by atoms with Crippen LogP contribution in [0.2, 0.25) is 0 Å². The Balaban J connectivity index is 2.30. The monoisotopic (exact) mass is 214 g/mol. The Morgan fingerprint density at radius 2 is 2.00 bits per heavy atom. The van der Waals surface area contributed by atoms with Crippen LogP contribution in [0.3, 0.4) is 0 Å². The zero-order valence-corrected chi connectivity index (χ0v) is 9.92. The van der Waals surface area contributed by atoms with E-state index in [4.69, 9.17) is 9.84 Å². The van der Waals surface area contributed by atoms with Crippen molar-refractivity contribution in [3.8, 4) is 0 Å². The van der Waals surface area contributed by atoms with Gasteiger partial charge in [-0.05, 0) is 40.0 Å². The van der Waals surface area contributed by atoms with E-state index in [0.717, 1.165) is 12.8 Å². The van der Waals surface area contributed by atoms with E-state index in [-0.39, 0.29) is 23.7 Å². The fourth-order valence-electron chi connectivity index (χ4n) is 3.82. The minimum atomic E-state index is -0.733. The number of rotatable bonds is 2. The number of ether oxygens (including phenoxy) is 1. The van der Waals surface area contributed by atoms with Crippen LogP contribution >= 0.6 is 0 Å². The van der Waals surface area contributed by atoms with Crippen molar-refractivity contribution < 1.29 is 14.9 Å². The van der Waals surface area contributed by atoms with Gasteiger partial charge in [0.2, 0.25) is 0 Å². The van der Waals surface area contributed by atoms with Gasteiger partial charge in [-0.25, -0.2) is 0 Å². The third kappa shape index (κ3) is 1.71. The second-order valence-electron chi connectivity index (χ2n) is 6.00. The molecule has 1 saturated carbocycles. The Kier molecular flexibility index (Phi) is 2.42. The topological polar surface area (TPSA) is 49.7 Å². The molecule has 88 valence electrons. The first-order valence-electron chi connectivity index (χ1n) is 5.85. The van der Waals surface area contributed by atoms with Crippen LogP contribution in [0, 0.1) is 5.92 Å². The van der Waals surface area contributed by atoms with Crippen LogP contribution in [0.1, 0.15) is 46.5 Å². The summed E-state index contributed by atoms with van der Waals surface area (Å²) in [5.41, 5.74) is -1.21. The van der Waals surface area contributed by atoms with Crippen molar-refractivity contribution in [2.24, 2.45) is 5.92 Å². The zero-order valence-electron chi connectivity index (χ0n) is 9.92. The minimum Gasteiger partial charge on any atom is -0.396 e. The molecule has 0 spiro atoms. The van der Waals surface area contributed by atoms with Crippen LogP contribution in [-0.4, -0.2) is 33.6 Å². The molecule has 0 aromatic rings. The third-order valence-corrected chi connectivity index (χ3v) is 4.18. The summed E-state index contributed by atoms with van der Waals surface area (Å²) in [6.45, 7) is 6.23. The highest BCUT2D eigenvalue weighted by molar-refractivity contribution is 5.09. The second kappa shape index (κ2) is 3.19. The van der Waals surface area contributed by atoms with Crippen molar-refractivity contribution in [2.75, 3.05) is 6.61 Å². The maximum atomic E-state index is 10.6. The molecule has 15 heavy (non-hydrogen) atoms. The first kappa shape index (κ1) is 11.4. The molecule has 2 N–H and O–H groups in total. The molecule has 3 aliphatic rings. The van der Waals surface area contributed by atoms with E-state index in [1.54, 1.807) is 0 Å². The van der Waals surface area contributed by atoms with Crippen molar-refractivity contribution >= 4 is 0 Å². The van der Waals surface area contributed by atoms with Gasteiger partial charge in [0.1, 0.15) is 0 Å². The molecule has 3 fully saturated rings. The summed E-state index contributed by atoms with van der Waals surface area (Å²) in [5.74, 6) is 0.152. The predicted molar refractivity (Wildman–Crippen MR) is 57.6 cm³/mol. The van der Waals surface area contributed by atoms with Gasteiger partial charge in [-0.2, -0.15) is 0 Å². The van der Waals surface area contributed by atoms with Gasteiger partial charge < -0.3 is 14.9 Å². The van der Waals surface area contributed by atoms with Crippen LogP contribution in [0.25, 0.3) is 0 Å². The molecule has 3 rings (SSSR count). The average Bonchev–Trinajstić information content (AvgIpc) is 1.98. The molecule has 2 saturated heterocycles. The first-order valence-corrected chi connectivity index (χ1v) is 5.85. The van der Waals surface area contributed by atoms with Gasteiger partial charge in [-0.1, -0.05) is 0 Å². The second-order valence-corrected chi connectivity index (χ2v) is 6.00. The molecular formula is C12H22O3. The normalized spacial score (nSPS) is 48.2. The maximum absolute atomic E-state index is 10.6. The number of aliphatic hydroxyl groups is 2. The SMILES string of the molecule is CC1(C)O[C@@]2(C)CC[C@@H]1[C@](O)(CCO)C2.